The van der Waals surface area contributed by atoms with Gasteiger partial charge >= 0.3 is 0 Å². The fourth-order valence-corrected chi connectivity index (χ4v) is 3.93. The van der Waals surface area contributed by atoms with Crippen molar-refractivity contribution in [2.45, 2.75) is 20.4 Å². The highest BCUT2D eigenvalue weighted by atomic mass is 32.2. The summed E-state index contributed by atoms with van der Waals surface area (Å²) in [6.45, 7) is 4.02. The molecule has 1 aliphatic rings. The van der Waals surface area contributed by atoms with E-state index in [9.17, 15) is 14.7 Å². The number of hydrogen-bond donors (Lipinski definition) is 0. The van der Waals surface area contributed by atoms with Gasteiger partial charge in [0.25, 0.3) is 5.91 Å². The Kier molecular flexibility index (Phi) is 4.82. The van der Waals surface area contributed by atoms with E-state index < -0.39 is 18.4 Å². The zero-order valence-corrected chi connectivity index (χ0v) is 15.3. The number of carbonyl (C=O) groups excluding carboxylic acids is 2. The van der Waals surface area contributed by atoms with Crippen molar-refractivity contribution in [1.82, 2.24) is 9.47 Å². The predicted molar refractivity (Wildman–Crippen MR) is 96.6 cm³/mol. The highest BCUT2D eigenvalue weighted by Gasteiger charge is 2.32. The molecule has 0 bridgehead atoms. The second kappa shape index (κ2) is 6.89. The molecule has 0 N–H and O–H groups in total. The standard InChI is InChI=1S/C17H16N2O4S2/c1-10-6-12(11(2)18(10)8-13-4-3-5-23-13)7-14-16(22)19(9-15(20)21)17(24)25-14/h3-7H,8-9H2,1-2H3,(H,20,21)/p-1/b14-7-. The van der Waals surface area contributed by atoms with E-state index in [1.165, 1.54) is 0 Å². The molecule has 0 aliphatic carbocycles. The van der Waals surface area contributed by atoms with Gasteiger partial charge in [0, 0.05) is 11.4 Å². The van der Waals surface area contributed by atoms with Crippen molar-refractivity contribution in [3.05, 3.63) is 52.1 Å². The zero-order chi connectivity index (χ0) is 18.1. The molecule has 0 aromatic carbocycles. The summed E-state index contributed by atoms with van der Waals surface area (Å²) >= 11 is 6.19. The minimum atomic E-state index is -1.34. The van der Waals surface area contributed by atoms with Crippen molar-refractivity contribution in [1.29, 1.82) is 0 Å². The third-order valence-corrected chi connectivity index (χ3v) is 5.33. The number of carbonyl (C=O) groups is 2. The van der Waals surface area contributed by atoms with Gasteiger partial charge in [-0.05, 0) is 43.7 Å². The normalized spacial score (nSPS) is 16.2. The summed E-state index contributed by atoms with van der Waals surface area (Å²) in [5, 5.41) is 10.8. The zero-order valence-electron chi connectivity index (χ0n) is 13.6. The van der Waals surface area contributed by atoms with Crippen LogP contribution in [-0.2, 0) is 16.1 Å². The van der Waals surface area contributed by atoms with E-state index in [2.05, 4.69) is 4.57 Å². The first-order valence-electron chi connectivity index (χ1n) is 7.51. The SMILES string of the molecule is Cc1cc(/C=C2\SC(=S)N(CC(=O)[O-])C2=O)c(C)n1Cc1ccco1. The third kappa shape index (κ3) is 3.54. The molecule has 25 heavy (non-hydrogen) atoms. The van der Waals surface area contributed by atoms with Crippen LogP contribution in [0.2, 0.25) is 0 Å². The Bertz CT molecular complexity index is 881. The van der Waals surface area contributed by atoms with Crippen LogP contribution in [0.3, 0.4) is 0 Å². The summed E-state index contributed by atoms with van der Waals surface area (Å²) in [5.41, 5.74) is 2.91. The van der Waals surface area contributed by atoms with Gasteiger partial charge in [-0.15, -0.1) is 0 Å². The van der Waals surface area contributed by atoms with Crippen LogP contribution < -0.4 is 5.11 Å². The fraction of sp³-hybridized carbons (Fsp3) is 0.235. The topological polar surface area (TPSA) is 78.5 Å². The number of rotatable bonds is 5. The van der Waals surface area contributed by atoms with E-state index in [0.29, 0.717) is 11.4 Å². The second-order valence-corrected chi connectivity index (χ2v) is 7.31. The van der Waals surface area contributed by atoms with E-state index >= 15 is 0 Å². The average molecular weight is 375 g/mol. The van der Waals surface area contributed by atoms with Crippen LogP contribution in [0.5, 0.6) is 0 Å². The Morgan fingerprint density at radius 2 is 2.20 bits per heavy atom. The van der Waals surface area contributed by atoms with Gasteiger partial charge in [-0.2, -0.15) is 0 Å². The van der Waals surface area contributed by atoms with Gasteiger partial charge in [-0.1, -0.05) is 24.0 Å². The lowest BCUT2D eigenvalue weighted by atomic mass is 10.2. The van der Waals surface area contributed by atoms with Crippen LogP contribution >= 0.6 is 24.0 Å². The number of carboxylic acid groups (broad SMARTS) is 1. The molecule has 0 spiro atoms. The molecule has 3 heterocycles. The first-order valence-corrected chi connectivity index (χ1v) is 8.73. The Hall–Kier alpha value is -2.32. The number of thioether (sulfide) groups is 1. The summed E-state index contributed by atoms with van der Waals surface area (Å²) in [7, 11) is 0. The van der Waals surface area contributed by atoms with E-state index in [1.807, 2.05) is 32.0 Å². The quantitative estimate of drug-likeness (QED) is 0.585. The molecule has 0 radical (unpaired) electrons. The van der Waals surface area contributed by atoms with E-state index in [4.69, 9.17) is 16.6 Å². The molecule has 0 atom stereocenters. The lowest BCUT2D eigenvalue weighted by Gasteiger charge is -2.14. The summed E-state index contributed by atoms with van der Waals surface area (Å²) < 4.78 is 7.71. The van der Waals surface area contributed by atoms with Crippen LogP contribution in [-0.4, -0.2) is 32.2 Å². The largest absolute Gasteiger partial charge is 0.548 e. The minimum Gasteiger partial charge on any atom is -0.548 e. The number of aromatic nitrogens is 1. The summed E-state index contributed by atoms with van der Waals surface area (Å²) in [4.78, 5) is 24.6. The van der Waals surface area contributed by atoms with Crippen molar-refractivity contribution in [2.75, 3.05) is 6.54 Å². The third-order valence-electron chi connectivity index (χ3n) is 3.95. The molecule has 1 saturated heterocycles. The highest BCUT2D eigenvalue weighted by molar-refractivity contribution is 8.26. The number of furan rings is 1. The minimum absolute atomic E-state index is 0.227. The van der Waals surface area contributed by atoms with Gasteiger partial charge in [0.1, 0.15) is 10.1 Å². The first-order chi connectivity index (χ1) is 11.9. The Balaban J connectivity index is 1.88. The molecule has 6 nitrogen and oxygen atoms in total. The van der Waals surface area contributed by atoms with Crippen LogP contribution in [0.4, 0.5) is 0 Å². The van der Waals surface area contributed by atoms with Crippen molar-refractivity contribution in [3.8, 4) is 0 Å². The monoisotopic (exact) mass is 375 g/mol. The smallest absolute Gasteiger partial charge is 0.266 e. The first kappa shape index (κ1) is 17.5. The number of thiocarbonyl (C=S) groups is 1. The van der Waals surface area contributed by atoms with Gasteiger partial charge in [0.2, 0.25) is 0 Å². The van der Waals surface area contributed by atoms with Gasteiger partial charge in [0.15, 0.2) is 0 Å². The number of aliphatic carboxylic acids is 1. The van der Waals surface area contributed by atoms with Crippen molar-refractivity contribution >= 4 is 46.3 Å². The Morgan fingerprint density at radius 3 is 2.84 bits per heavy atom. The maximum Gasteiger partial charge on any atom is 0.266 e. The molecule has 3 rings (SSSR count). The second-order valence-electron chi connectivity index (χ2n) is 5.63. The van der Waals surface area contributed by atoms with Crippen LogP contribution in [0.25, 0.3) is 6.08 Å². The van der Waals surface area contributed by atoms with Crippen LogP contribution in [0.15, 0.2) is 33.8 Å². The molecule has 1 fully saturated rings. The molecule has 1 aliphatic heterocycles. The van der Waals surface area contributed by atoms with Crippen molar-refractivity contribution in [2.24, 2.45) is 0 Å². The highest BCUT2D eigenvalue weighted by Crippen LogP contribution is 2.33. The molecule has 2 aromatic rings. The molecule has 0 unspecified atom stereocenters. The van der Waals surface area contributed by atoms with Gasteiger partial charge in [-0.3, -0.25) is 9.69 Å². The molecule has 2 aromatic heterocycles. The Labute approximate surface area is 154 Å². The Morgan fingerprint density at radius 1 is 1.44 bits per heavy atom. The maximum atomic E-state index is 12.4. The molecular weight excluding hydrogens is 360 g/mol. The van der Waals surface area contributed by atoms with Crippen molar-refractivity contribution in [3.63, 3.8) is 0 Å². The van der Waals surface area contributed by atoms with Gasteiger partial charge in [0.05, 0.1) is 30.2 Å². The molecule has 1 amide bonds. The summed E-state index contributed by atoms with van der Waals surface area (Å²) in [5.74, 6) is -0.905. The summed E-state index contributed by atoms with van der Waals surface area (Å²) in [6.07, 6.45) is 3.38. The maximum absolute atomic E-state index is 12.4. The van der Waals surface area contributed by atoms with Gasteiger partial charge in [-0.25, -0.2) is 0 Å². The number of carboxylic acids is 1. The predicted octanol–water partition coefficient (Wildman–Crippen LogP) is 1.70. The van der Waals surface area contributed by atoms with E-state index in [0.717, 1.165) is 39.4 Å². The van der Waals surface area contributed by atoms with E-state index in [-0.39, 0.29) is 4.32 Å². The number of nitrogens with zero attached hydrogens (tertiary/aromatic N) is 2. The molecular formula is C17H15N2O4S2-. The van der Waals surface area contributed by atoms with Crippen LogP contribution in [0, 0.1) is 13.8 Å². The number of amides is 1. The lowest BCUT2D eigenvalue weighted by Crippen LogP contribution is -2.40. The average Bonchev–Trinajstić information content (AvgIpc) is 3.21. The number of hydrogen-bond acceptors (Lipinski definition) is 6. The van der Waals surface area contributed by atoms with Crippen molar-refractivity contribution < 1.29 is 19.1 Å². The van der Waals surface area contributed by atoms with Crippen LogP contribution in [0.1, 0.15) is 22.7 Å². The summed E-state index contributed by atoms with van der Waals surface area (Å²) in [6, 6.07) is 5.72. The molecule has 0 saturated carbocycles. The number of aryl methyl sites for hydroxylation is 1. The molecule has 130 valence electrons. The lowest BCUT2D eigenvalue weighted by molar-refractivity contribution is -0.305. The molecule has 8 heteroatoms. The van der Waals surface area contributed by atoms with E-state index in [1.54, 1.807) is 12.3 Å². The fourth-order valence-electron chi connectivity index (χ4n) is 2.68. The van der Waals surface area contributed by atoms with Gasteiger partial charge < -0.3 is 18.9 Å².